The molecule has 3 fully saturated rings. The maximum Gasteiger partial charge on any atom is 0.427 e. The van der Waals surface area contributed by atoms with Crippen LogP contribution in [0, 0.1) is 5.82 Å². The quantitative estimate of drug-likeness (QED) is 0.0689. The number of alkyl halides is 3. The standard InChI is InChI=1S/C17H17ClFNO4.C15H12F3NO4S.C3H8NO5P/c1-9(2)15-16(21)20(17(22)24-15)13-8-14(11(18)7-12(13)19)23-10-5-3-4-6-10;1-24(21,22)12-6-9(15(16,17)18)4-5-10(12)13(20)11-7-19-23-14(11)8-2-3-8;5-3(6)1-4-2-10(7,8)9/h7-8,10H,3-6H2,1-2H3;4-8H,2-3H2,1H3;4H,1-2H2,(H,5,6)(H2,7,8,9). The van der Waals surface area contributed by atoms with Gasteiger partial charge in [-0.15, -0.1) is 0 Å². The number of carbonyl (C=O) groups excluding carboxylic acids is 3. The lowest BCUT2D eigenvalue weighted by Gasteiger charge is -2.18. The summed E-state index contributed by atoms with van der Waals surface area (Å²) in [5.74, 6) is -2.80. The minimum atomic E-state index is -4.71. The van der Waals surface area contributed by atoms with Crippen LogP contribution in [0.25, 0.3) is 0 Å². The Balaban J connectivity index is 0.000000209. The number of amides is 2. The molecule has 2 aliphatic carbocycles. The van der Waals surface area contributed by atoms with Gasteiger partial charge in [-0.2, -0.15) is 13.2 Å². The second-order valence-electron chi connectivity index (χ2n) is 13.4. The summed E-state index contributed by atoms with van der Waals surface area (Å²) in [6, 6.07) is 4.37. The molecule has 0 radical (unpaired) electrons. The Bertz CT molecular complexity index is 2260. The van der Waals surface area contributed by atoms with Crippen molar-refractivity contribution in [3.63, 3.8) is 0 Å². The number of rotatable bonds is 11. The number of hydrogen-bond donors (Lipinski definition) is 4. The molecule has 2 heterocycles. The van der Waals surface area contributed by atoms with Crippen molar-refractivity contribution in [3.8, 4) is 5.75 Å². The summed E-state index contributed by atoms with van der Waals surface area (Å²) in [5.41, 5.74) is -1.06. The molecule has 0 bridgehead atoms. The van der Waals surface area contributed by atoms with Crippen LogP contribution < -0.4 is 15.0 Å². The van der Waals surface area contributed by atoms with Gasteiger partial charge in [-0.1, -0.05) is 16.8 Å². The third kappa shape index (κ3) is 12.2. The fourth-order valence-corrected chi connectivity index (χ4v) is 7.06. The van der Waals surface area contributed by atoms with E-state index in [0.29, 0.717) is 28.4 Å². The Morgan fingerprint density at radius 3 is 2.22 bits per heavy atom. The molecule has 2 amide bonds. The van der Waals surface area contributed by atoms with Gasteiger partial charge in [-0.05, 0) is 82.2 Å². The summed E-state index contributed by atoms with van der Waals surface area (Å²) < 4.78 is 102. The lowest BCUT2D eigenvalue weighted by Crippen LogP contribution is -2.29. The number of benzene rings is 2. The van der Waals surface area contributed by atoms with Crippen LogP contribution in [0.2, 0.25) is 5.02 Å². The molecule has 2 saturated carbocycles. The number of aliphatic carboxylic acids is 1. The monoisotopic (exact) mass is 881 g/mol. The van der Waals surface area contributed by atoms with Gasteiger partial charge >= 0.3 is 31.7 Å². The number of imide groups is 1. The number of hydrogen-bond acceptors (Lipinski definition) is 12. The van der Waals surface area contributed by atoms with E-state index in [0.717, 1.165) is 56.9 Å². The van der Waals surface area contributed by atoms with Crippen LogP contribution in [-0.2, 0) is 34.9 Å². The van der Waals surface area contributed by atoms with Crippen LogP contribution in [0.4, 0.5) is 28.0 Å². The first-order valence-electron chi connectivity index (χ1n) is 17.2. The zero-order valence-electron chi connectivity index (χ0n) is 30.8. The molecule has 2 aromatic carbocycles. The third-order valence-electron chi connectivity index (χ3n) is 8.40. The van der Waals surface area contributed by atoms with Crippen LogP contribution in [0.1, 0.15) is 85.5 Å². The highest BCUT2D eigenvalue weighted by molar-refractivity contribution is 7.90. The predicted octanol–water partition coefficient (Wildman–Crippen LogP) is 6.58. The molecule has 1 saturated heterocycles. The third-order valence-corrected chi connectivity index (χ3v) is 10.5. The lowest BCUT2D eigenvalue weighted by molar-refractivity contribution is -0.138. The maximum atomic E-state index is 14.3. The van der Waals surface area contributed by atoms with E-state index in [-0.39, 0.29) is 45.4 Å². The molecule has 1 aliphatic heterocycles. The largest absolute Gasteiger partial charge is 0.489 e. The van der Waals surface area contributed by atoms with E-state index in [2.05, 4.69) is 10.5 Å². The molecular weight excluding hydrogens is 845 g/mol. The highest BCUT2D eigenvalue weighted by Crippen LogP contribution is 2.43. The number of allylic oxidation sites excluding steroid dienone is 1. The number of cyclic esters (lactones) is 1. The molecule has 316 valence electrons. The van der Waals surface area contributed by atoms with Gasteiger partial charge in [0, 0.05) is 23.8 Å². The number of nitrogens with zero attached hydrogens (tertiary/aromatic N) is 2. The molecule has 4 N–H and O–H groups in total. The molecule has 0 unspecified atom stereocenters. The molecule has 16 nitrogen and oxygen atoms in total. The zero-order chi connectivity index (χ0) is 43.3. The van der Waals surface area contributed by atoms with Crippen molar-refractivity contribution in [1.82, 2.24) is 10.5 Å². The van der Waals surface area contributed by atoms with Crippen molar-refractivity contribution in [1.29, 1.82) is 0 Å². The molecule has 23 heteroatoms. The number of ketones is 1. The van der Waals surface area contributed by atoms with Gasteiger partial charge in [-0.3, -0.25) is 24.3 Å². The summed E-state index contributed by atoms with van der Waals surface area (Å²) in [6.07, 6.45) is 1.26. The number of aromatic nitrogens is 1. The van der Waals surface area contributed by atoms with Crippen LogP contribution in [0.5, 0.6) is 5.75 Å². The van der Waals surface area contributed by atoms with Gasteiger partial charge in [0.1, 0.15) is 11.6 Å². The number of sulfone groups is 1. The zero-order valence-corrected chi connectivity index (χ0v) is 33.3. The Morgan fingerprint density at radius 1 is 1.07 bits per heavy atom. The smallest absolute Gasteiger partial charge is 0.427 e. The van der Waals surface area contributed by atoms with E-state index in [1.54, 1.807) is 13.8 Å². The number of carboxylic acids is 1. The fraction of sp³-hybridized carbons (Fsp3) is 0.400. The normalized spacial score (nSPS) is 16.0. The molecule has 1 aromatic heterocycles. The average molecular weight is 882 g/mol. The molecule has 3 aromatic rings. The SMILES string of the molecule is CC(C)=C1OC(=O)N(c2cc(OC3CCCC3)c(Cl)cc2F)C1=O.CS(=O)(=O)c1cc(C(F)(F)F)ccc1C(=O)c1cnoc1C1CC1.O=C(O)CNCP(=O)(O)O. The Morgan fingerprint density at radius 2 is 1.71 bits per heavy atom. The molecule has 0 spiro atoms. The summed E-state index contributed by atoms with van der Waals surface area (Å²) in [7, 11) is -8.14. The van der Waals surface area contributed by atoms with Crippen LogP contribution in [-0.4, -0.2) is 77.4 Å². The van der Waals surface area contributed by atoms with E-state index in [1.165, 1.54) is 12.3 Å². The molecule has 0 atom stereocenters. The molecule has 6 rings (SSSR count). The minimum absolute atomic E-state index is 0.00962. The van der Waals surface area contributed by atoms with Gasteiger partial charge in [0.2, 0.25) is 0 Å². The highest BCUT2D eigenvalue weighted by Gasteiger charge is 2.41. The van der Waals surface area contributed by atoms with Gasteiger partial charge in [0.05, 0.1) is 51.9 Å². The van der Waals surface area contributed by atoms with E-state index in [9.17, 15) is 49.7 Å². The van der Waals surface area contributed by atoms with Crippen LogP contribution in [0.3, 0.4) is 0 Å². The van der Waals surface area contributed by atoms with Crippen molar-refractivity contribution in [3.05, 3.63) is 81.2 Å². The van der Waals surface area contributed by atoms with Gasteiger partial charge in [0.25, 0.3) is 0 Å². The fourth-order valence-electron chi connectivity index (χ4n) is 5.56. The number of halogens is 5. The summed E-state index contributed by atoms with van der Waals surface area (Å²) in [5, 5.41) is 13.7. The van der Waals surface area contributed by atoms with E-state index < -0.39 is 76.5 Å². The number of carbonyl (C=O) groups is 4. The van der Waals surface area contributed by atoms with Crippen molar-refractivity contribution in [2.45, 2.75) is 75.5 Å². The first-order chi connectivity index (χ1) is 26.9. The van der Waals surface area contributed by atoms with Crippen molar-refractivity contribution in [2.75, 3.05) is 24.0 Å². The number of anilines is 1. The Kier molecular flexibility index (Phi) is 14.7. The van der Waals surface area contributed by atoms with Crippen molar-refractivity contribution >= 4 is 58.5 Å². The average Bonchev–Trinajstić information content (AvgIpc) is 3.45. The molecular formula is C35H37ClF4N3O13PS. The Hall–Kier alpha value is -4.66. The lowest BCUT2D eigenvalue weighted by atomic mass is 10.0. The van der Waals surface area contributed by atoms with Crippen molar-refractivity contribution in [2.24, 2.45) is 0 Å². The maximum absolute atomic E-state index is 14.3. The highest BCUT2D eigenvalue weighted by atomic mass is 35.5. The van der Waals surface area contributed by atoms with Crippen LogP contribution >= 0.6 is 19.2 Å². The summed E-state index contributed by atoms with van der Waals surface area (Å²) in [4.78, 5) is 63.1. The number of carboxylic acid groups (broad SMARTS) is 1. The predicted molar refractivity (Wildman–Crippen MR) is 196 cm³/mol. The second kappa shape index (κ2) is 18.5. The van der Waals surface area contributed by atoms with Gasteiger partial charge in [-0.25, -0.2) is 22.5 Å². The van der Waals surface area contributed by atoms with E-state index in [1.807, 2.05) is 0 Å². The Labute approximate surface area is 333 Å². The summed E-state index contributed by atoms with van der Waals surface area (Å²) >= 11 is 6.04. The van der Waals surface area contributed by atoms with Crippen LogP contribution in [0.15, 0.2) is 57.3 Å². The minimum Gasteiger partial charge on any atom is -0.489 e. The van der Waals surface area contributed by atoms with E-state index >= 15 is 0 Å². The molecule has 58 heavy (non-hydrogen) atoms. The summed E-state index contributed by atoms with van der Waals surface area (Å²) in [6.45, 7) is 2.83. The van der Waals surface area contributed by atoms with E-state index in [4.69, 9.17) is 40.5 Å². The first-order valence-corrected chi connectivity index (χ1v) is 21.2. The topological polar surface area (TPSA) is 240 Å². The second-order valence-corrected chi connectivity index (χ2v) is 17.5. The number of ether oxygens (including phenoxy) is 2. The van der Waals surface area contributed by atoms with Gasteiger partial charge < -0.3 is 28.9 Å². The van der Waals surface area contributed by atoms with Gasteiger partial charge in [0.15, 0.2) is 27.1 Å². The molecule has 3 aliphatic rings. The first kappa shape index (κ1) is 46.0. The van der Waals surface area contributed by atoms with Crippen molar-refractivity contribution < 1.29 is 78.6 Å². The number of nitrogens with one attached hydrogen (secondary N) is 1.